The number of rotatable bonds is 10. The summed E-state index contributed by atoms with van der Waals surface area (Å²) in [6.45, 7) is 4.80. The number of ether oxygens (including phenoxy) is 1. The van der Waals surface area contributed by atoms with Crippen LogP contribution in [0.25, 0.3) is 0 Å². The van der Waals surface area contributed by atoms with Crippen LogP contribution in [0.4, 0.5) is 30.4 Å². The van der Waals surface area contributed by atoms with Gasteiger partial charge in [-0.15, -0.1) is 0 Å². The van der Waals surface area contributed by atoms with Crippen LogP contribution in [0, 0.1) is 0 Å². The molecule has 42 heavy (non-hydrogen) atoms. The Hall–Kier alpha value is -4.57. The van der Waals surface area contributed by atoms with Crippen molar-refractivity contribution in [2.24, 2.45) is 0 Å². The van der Waals surface area contributed by atoms with Gasteiger partial charge in [-0.2, -0.15) is 13.2 Å². The summed E-state index contributed by atoms with van der Waals surface area (Å²) in [4.78, 5) is 21.8. The smallest absolute Gasteiger partial charge is 0.416 e. The number of para-hydroxylation sites is 3. The van der Waals surface area contributed by atoms with Crippen LogP contribution < -0.4 is 20.3 Å². The standard InChI is InChI=1S/C32H32F3N5O2/c33-32(34,35)24-9-6-10-25(23-24)38-30-27(13-7-16-36-30)31(41)37-17-8-18-39-19-21-40(22-20-39)28-14-4-5-15-29(28)42-26-11-2-1-3-12-26/h1-7,9-16,23H,8,17-22H2,(H,36,38)(H,37,41). The molecule has 0 spiro atoms. The van der Waals surface area contributed by atoms with Crippen molar-refractivity contribution in [3.8, 4) is 11.5 Å². The molecule has 1 amide bonds. The van der Waals surface area contributed by atoms with Crippen LogP contribution in [0.1, 0.15) is 22.3 Å². The monoisotopic (exact) mass is 575 g/mol. The molecule has 0 aliphatic carbocycles. The summed E-state index contributed by atoms with van der Waals surface area (Å²) in [7, 11) is 0. The topological polar surface area (TPSA) is 69.7 Å². The zero-order valence-corrected chi connectivity index (χ0v) is 23.0. The normalized spacial score (nSPS) is 13.9. The third-order valence-corrected chi connectivity index (χ3v) is 6.99. The predicted molar refractivity (Wildman–Crippen MR) is 158 cm³/mol. The maximum Gasteiger partial charge on any atom is 0.416 e. The average Bonchev–Trinajstić information content (AvgIpc) is 3.00. The number of pyridine rings is 1. The molecule has 10 heteroatoms. The first-order valence-corrected chi connectivity index (χ1v) is 13.8. The summed E-state index contributed by atoms with van der Waals surface area (Å²) < 4.78 is 45.4. The van der Waals surface area contributed by atoms with Crippen molar-refractivity contribution >= 4 is 23.1 Å². The summed E-state index contributed by atoms with van der Waals surface area (Å²) in [6.07, 6.45) is -2.22. The van der Waals surface area contributed by atoms with Crippen LogP contribution in [-0.4, -0.2) is 55.1 Å². The number of carbonyl (C=O) groups is 1. The van der Waals surface area contributed by atoms with Gasteiger partial charge in [-0.25, -0.2) is 4.98 Å². The van der Waals surface area contributed by atoms with Gasteiger partial charge in [-0.05, 0) is 67.6 Å². The Balaban J connectivity index is 1.09. The van der Waals surface area contributed by atoms with E-state index < -0.39 is 11.7 Å². The molecule has 0 atom stereocenters. The fraction of sp³-hybridized carbons (Fsp3) is 0.250. The highest BCUT2D eigenvalue weighted by atomic mass is 19.4. The van der Waals surface area contributed by atoms with E-state index >= 15 is 0 Å². The molecule has 1 aliphatic heterocycles. The molecule has 218 valence electrons. The second-order valence-electron chi connectivity index (χ2n) is 9.92. The minimum atomic E-state index is -4.46. The number of halogens is 3. The van der Waals surface area contributed by atoms with Gasteiger partial charge in [0.05, 0.1) is 16.8 Å². The zero-order chi connectivity index (χ0) is 29.4. The number of alkyl halides is 3. The van der Waals surface area contributed by atoms with Crippen LogP contribution in [0.3, 0.4) is 0 Å². The van der Waals surface area contributed by atoms with Crippen molar-refractivity contribution in [1.29, 1.82) is 0 Å². The number of benzene rings is 3. The van der Waals surface area contributed by atoms with Gasteiger partial charge in [-0.3, -0.25) is 9.69 Å². The highest BCUT2D eigenvalue weighted by molar-refractivity contribution is 5.99. The van der Waals surface area contributed by atoms with E-state index in [0.717, 1.165) is 68.5 Å². The molecule has 0 radical (unpaired) electrons. The second kappa shape index (κ2) is 13.4. The number of anilines is 3. The van der Waals surface area contributed by atoms with Crippen LogP contribution in [0.5, 0.6) is 11.5 Å². The Labute approximate surface area is 242 Å². The minimum absolute atomic E-state index is 0.196. The Morgan fingerprint density at radius 2 is 1.64 bits per heavy atom. The van der Waals surface area contributed by atoms with Crippen molar-refractivity contribution in [3.05, 3.63) is 108 Å². The summed E-state index contributed by atoms with van der Waals surface area (Å²) in [5.41, 5.74) is 0.755. The average molecular weight is 576 g/mol. The van der Waals surface area contributed by atoms with Crippen molar-refractivity contribution in [1.82, 2.24) is 15.2 Å². The maximum atomic E-state index is 13.1. The number of piperazine rings is 1. The van der Waals surface area contributed by atoms with Gasteiger partial charge in [0.15, 0.2) is 5.75 Å². The lowest BCUT2D eigenvalue weighted by Gasteiger charge is -2.36. The van der Waals surface area contributed by atoms with Crippen molar-refractivity contribution in [2.45, 2.75) is 12.6 Å². The second-order valence-corrected chi connectivity index (χ2v) is 9.92. The molecule has 0 unspecified atom stereocenters. The molecule has 1 saturated heterocycles. The van der Waals surface area contributed by atoms with Crippen molar-refractivity contribution in [3.63, 3.8) is 0 Å². The highest BCUT2D eigenvalue weighted by Gasteiger charge is 2.30. The van der Waals surface area contributed by atoms with Gasteiger partial charge in [0, 0.05) is 44.6 Å². The number of hydrogen-bond acceptors (Lipinski definition) is 6. The first-order chi connectivity index (χ1) is 20.4. The maximum absolute atomic E-state index is 13.1. The fourth-order valence-corrected chi connectivity index (χ4v) is 4.83. The number of carbonyl (C=O) groups excluding carboxylic acids is 1. The van der Waals surface area contributed by atoms with E-state index in [4.69, 9.17) is 4.74 Å². The molecular formula is C32H32F3N5O2. The number of aromatic nitrogens is 1. The first kappa shape index (κ1) is 28.9. The van der Waals surface area contributed by atoms with Crippen LogP contribution >= 0.6 is 0 Å². The third-order valence-electron chi connectivity index (χ3n) is 6.99. The number of hydrogen-bond donors (Lipinski definition) is 2. The summed E-state index contributed by atoms with van der Waals surface area (Å²) in [6, 6.07) is 25.8. The predicted octanol–water partition coefficient (Wildman–Crippen LogP) is 6.58. The van der Waals surface area contributed by atoms with Crippen molar-refractivity contribution < 1.29 is 22.7 Å². The van der Waals surface area contributed by atoms with Gasteiger partial charge in [0.2, 0.25) is 0 Å². The van der Waals surface area contributed by atoms with Gasteiger partial charge in [0.1, 0.15) is 11.6 Å². The summed E-state index contributed by atoms with van der Waals surface area (Å²) in [5, 5.41) is 5.76. The minimum Gasteiger partial charge on any atom is -0.455 e. The Morgan fingerprint density at radius 1 is 0.881 bits per heavy atom. The van der Waals surface area contributed by atoms with Crippen molar-refractivity contribution in [2.75, 3.05) is 49.5 Å². The first-order valence-electron chi connectivity index (χ1n) is 13.8. The third kappa shape index (κ3) is 7.58. The SMILES string of the molecule is O=C(NCCCN1CCN(c2ccccc2Oc2ccccc2)CC1)c1cccnc1Nc1cccc(C(F)(F)F)c1. The fourth-order valence-electron chi connectivity index (χ4n) is 4.83. The highest BCUT2D eigenvalue weighted by Crippen LogP contribution is 2.33. The Bertz CT molecular complexity index is 1470. The molecule has 0 bridgehead atoms. The largest absolute Gasteiger partial charge is 0.455 e. The Morgan fingerprint density at radius 3 is 2.43 bits per heavy atom. The summed E-state index contributed by atoms with van der Waals surface area (Å²) in [5.74, 6) is 1.49. The van der Waals surface area contributed by atoms with Gasteiger partial charge >= 0.3 is 6.18 Å². The zero-order valence-electron chi connectivity index (χ0n) is 23.0. The molecule has 1 aromatic heterocycles. The van der Waals surface area contributed by atoms with E-state index in [-0.39, 0.29) is 23.0 Å². The van der Waals surface area contributed by atoms with Gasteiger partial charge < -0.3 is 20.3 Å². The van der Waals surface area contributed by atoms with E-state index in [1.807, 2.05) is 48.5 Å². The molecule has 0 saturated carbocycles. The molecule has 1 fully saturated rings. The summed E-state index contributed by atoms with van der Waals surface area (Å²) >= 11 is 0. The number of amides is 1. The molecule has 1 aliphatic rings. The molecule has 2 N–H and O–H groups in total. The Kier molecular flexibility index (Phi) is 9.23. The van der Waals surface area contributed by atoms with Gasteiger partial charge in [-0.1, -0.05) is 36.4 Å². The van der Waals surface area contributed by atoms with Crippen LogP contribution in [-0.2, 0) is 6.18 Å². The molecular weight excluding hydrogens is 543 g/mol. The van der Waals surface area contributed by atoms with E-state index in [0.29, 0.717) is 6.54 Å². The lowest BCUT2D eigenvalue weighted by atomic mass is 10.2. The molecule has 5 rings (SSSR count). The molecule has 3 aromatic carbocycles. The molecule has 7 nitrogen and oxygen atoms in total. The lowest BCUT2D eigenvalue weighted by Crippen LogP contribution is -2.47. The quantitative estimate of drug-likeness (QED) is 0.208. The molecule has 2 heterocycles. The van der Waals surface area contributed by atoms with Crippen LogP contribution in [0.15, 0.2) is 97.2 Å². The van der Waals surface area contributed by atoms with E-state index in [1.165, 1.54) is 18.3 Å². The van der Waals surface area contributed by atoms with Crippen LogP contribution in [0.2, 0.25) is 0 Å². The number of nitrogens with zero attached hydrogens (tertiary/aromatic N) is 3. The van der Waals surface area contributed by atoms with Gasteiger partial charge in [0.25, 0.3) is 5.91 Å². The lowest BCUT2D eigenvalue weighted by molar-refractivity contribution is -0.137. The molecule has 4 aromatic rings. The van der Waals surface area contributed by atoms with E-state index in [1.54, 1.807) is 12.1 Å². The van der Waals surface area contributed by atoms with E-state index in [9.17, 15) is 18.0 Å². The van der Waals surface area contributed by atoms with E-state index in [2.05, 4.69) is 31.5 Å². The number of nitrogens with one attached hydrogen (secondary N) is 2.